The van der Waals surface area contributed by atoms with Crippen molar-refractivity contribution < 1.29 is 32.6 Å². The van der Waals surface area contributed by atoms with Gasteiger partial charge in [-0.3, -0.25) is 4.79 Å². The number of nitrogens with one attached hydrogen (secondary N) is 1. The second-order valence-electron chi connectivity index (χ2n) is 8.62. The Morgan fingerprint density at radius 1 is 1.06 bits per heavy atom. The van der Waals surface area contributed by atoms with Gasteiger partial charge in [-0.05, 0) is 60.0 Å². The fourth-order valence-corrected chi connectivity index (χ4v) is 4.61. The summed E-state index contributed by atoms with van der Waals surface area (Å²) in [4.78, 5) is 25.1. The van der Waals surface area contributed by atoms with Crippen molar-refractivity contribution in [1.29, 1.82) is 0 Å². The normalized spacial score (nSPS) is 15.2. The van der Waals surface area contributed by atoms with E-state index < -0.39 is 29.7 Å². The van der Waals surface area contributed by atoms with Crippen LogP contribution in [0.3, 0.4) is 0 Å². The molecule has 2 N–H and O–H groups in total. The molecule has 1 aliphatic rings. The molecule has 0 saturated heterocycles. The molecule has 1 saturated carbocycles. The monoisotopic (exact) mass is 505 g/mol. The predicted molar refractivity (Wildman–Crippen MR) is 126 cm³/mol. The Bertz CT molecular complexity index is 1240. The van der Waals surface area contributed by atoms with Crippen LogP contribution in [0.15, 0.2) is 54.6 Å². The van der Waals surface area contributed by atoms with E-state index in [1.165, 1.54) is 12.1 Å². The summed E-state index contributed by atoms with van der Waals surface area (Å²) < 4.78 is 44.6. The van der Waals surface area contributed by atoms with Crippen molar-refractivity contribution in [3.05, 3.63) is 76.3 Å². The lowest BCUT2D eigenvalue weighted by atomic mass is 9.97. The van der Waals surface area contributed by atoms with Gasteiger partial charge in [0, 0.05) is 10.4 Å². The largest absolute Gasteiger partial charge is 0.487 e. The highest BCUT2D eigenvalue weighted by Crippen LogP contribution is 2.34. The molecular formula is C26H23ClF3NO4. The minimum atomic E-state index is -4.45. The van der Waals surface area contributed by atoms with E-state index in [1.807, 2.05) is 0 Å². The molecule has 9 heteroatoms. The van der Waals surface area contributed by atoms with Crippen molar-refractivity contribution in [3.63, 3.8) is 0 Å². The third-order valence-electron chi connectivity index (χ3n) is 6.27. The SMILES string of the molecule is O=C(N[C@H](C(=O)O)C1CCCC1)c1ccc2ccc(Cl)cc2c1OCc1ccc(C(F)(F)F)cc1. The van der Waals surface area contributed by atoms with E-state index in [0.717, 1.165) is 43.2 Å². The van der Waals surface area contributed by atoms with E-state index in [4.69, 9.17) is 16.3 Å². The Hall–Kier alpha value is -3.26. The first-order valence-corrected chi connectivity index (χ1v) is 11.6. The first-order chi connectivity index (χ1) is 16.6. The molecule has 0 heterocycles. The highest BCUT2D eigenvalue weighted by atomic mass is 35.5. The summed E-state index contributed by atoms with van der Waals surface area (Å²) in [6, 6.07) is 11.8. The van der Waals surface area contributed by atoms with Crippen LogP contribution in [0.5, 0.6) is 5.75 Å². The zero-order chi connectivity index (χ0) is 25.2. The quantitative estimate of drug-likeness (QED) is 0.386. The lowest BCUT2D eigenvalue weighted by Crippen LogP contribution is -2.45. The molecule has 1 atom stereocenters. The van der Waals surface area contributed by atoms with E-state index in [-0.39, 0.29) is 23.8 Å². The van der Waals surface area contributed by atoms with Gasteiger partial charge < -0.3 is 15.2 Å². The maximum atomic E-state index is 13.2. The first-order valence-electron chi connectivity index (χ1n) is 11.2. The molecule has 3 aromatic rings. The van der Waals surface area contributed by atoms with Crippen molar-refractivity contribution in [2.75, 3.05) is 0 Å². The number of alkyl halides is 3. The van der Waals surface area contributed by atoms with Gasteiger partial charge in [0.1, 0.15) is 18.4 Å². The van der Waals surface area contributed by atoms with Crippen LogP contribution in [0.1, 0.15) is 47.2 Å². The molecule has 1 amide bonds. The summed E-state index contributed by atoms with van der Waals surface area (Å²) in [5.41, 5.74) is -0.182. The zero-order valence-corrected chi connectivity index (χ0v) is 19.3. The smallest absolute Gasteiger partial charge is 0.416 e. The number of hydrogen-bond acceptors (Lipinski definition) is 3. The maximum absolute atomic E-state index is 13.2. The van der Waals surface area contributed by atoms with Crippen molar-refractivity contribution in [1.82, 2.24) is 5.32 Å². The Labute approximate surface area is 204 Å². The summed E-state index contributed by atoms with van der Waals surface area (Å²) in [5, 5.41) is 14.0. The third-order valence-corrected chi connectivity index (χ3v) is 6.50. The fourth-order valence-electron chi connectivity index (χ4n) is 4.44. The fraction of sp³-hybridized carbons (Fsp3) is 0.308. The highest BCUT2D eigenvalue weighted by molar-refractivity contribution is 6.31. The molecule has 1 aliphatic carbocycles. The number of fused-ring (bicyclic) bond motifs is 1. The second kappa shape index (κ2) is 10.2. The Kier molecular flexibility index (Phi) is 7.21. The number of aliphatic carboxylic acids is 1. The molecule has 0 radical (unpaired) electrons. The van der Waals surface area contributed by atoms with Gasteiger partial charge >= 0.3 is 12.1 Å². The minimum Gasteiger partial charge on any atom is -0.487 e. The van der Waals surface area contributed by atoms with Gasteiger partial charge in [0.2, 0.25) is 0 Å². The molecule has 1 fully saturated rings. The average Bonchev–Trinajstić information content (AvgIpc) is 3.34. The molecule has 5 nitrogen and oxygen atoms in total. The van der Waals surface area contributed by atoms with Crippen LogP contribution in [-0.4, -0.2) is 23.0 Å². The standard InChI is InChI=1S/C26H23ClF3NO4/c27-19-11-7-16-8-12-20(24(32)31-22(25(33)34)17-3-1-2-4-17)23(21(16)13-19)35-14-15-5-9-18(10-6-15)26(28,29)30/h5-13,17,22H,1-4,14H2,(H,31,32)(H,33,34)/t22-/m0/s1. The molecule has 4 rings (SSSR count). The average molecular weight is 506 g/mol. The predicted octanol–water partition coefficient (Wildman–Crippen LogP) is 6.46. The van der Waals surface area contributed by atoms with Gasteiger partial charge in [-0.25, -0.2) is 4.79 Å². The topological polar surface area (TPSA) is 75.6 Å². The van der Waals surface area contributed by atoms with Crippen LogP contribution in [0.25, 0.3) is 10.8 Å². The number of amides is 1. The molecule has 0 aliphatic heterocycles. The number of halogens is 4. The van der Waals surface area contributed by atoms with Gasteiger partial charge in [0.25, 0.3) is 5.91 Å². The van der Waals surface area contributed by atoms with E-state index in [9.17, 15) is 27.9 Å². The van der Waals surface area contributed by atoms with Crippen molar-refractivity contribution in [2.45, 2.75) is 44.5 Å². The minimum absolute atomic E-state index is 0.102. The summed E-state index contributed by atoms with van der Waals surface area (Å²) in [5.74, 6) is -1.67. The summed E-state index contributed by atoms with van der Waals surface area (Å²) >= 11 is 6.17. The van der Waals surface area contributed by atoms with E-state index >= 15 is 0 Å². The number of hydrogen-bond donors (Lipinski definition) is 2. The second-order valence-corrected chi connectivity index (χ2v) is 9.06. The Morgan fingerprint density at radius 2 is 1.71 bits per heavy atom. The number of carbonyl (C=O) groups is 2. The van der Waals surface area contributed by atoms with Crippen molar-refractivity contribution in [2.24, 2.45) is 5.92 Å². The summed E-state index contributed by atoms with van der Waals surface area (Å²) in [7, 11) is 0. The van der Waals surface area contributed by atoms with Crippen LogP contribution in [0, 0.1) is 5.92 Å². The number of carboxylic acids is 1. The van der Waals surface area contributed by atoms with E-state index in [0.29, 0.717) is 16.0 Å². The van der Waals surface area contributed by atoms with Gasteiger partial charge in [-0.2, -0.15) is 13.2 Å². The summed E-state index contributed by atoms with van der Waals surface area (Å²) in [6.45, 7) is -0.102. The number of ether oxygens (including phenoxy) is 1. The zero-order valence-electron chi connectivity index (χ0n) is 18.6. The Morgan fingerprint density at radius 3 is 2.34 bits per heavy atom. The lowest BCUT2D eigenvalue weighted by Gasteiger charge is -2.22. The van der Waals surface area contributed by atoms with Gasteiger partial charge in [0.05, 0.1) is 11.1 Å². The molecule has 184 valence electrons. The third kappa shape index (κ3) is 5.70. The van der Waals surface area contributed by atoms with Crippen molar-refractivity contribution >= 4 is 34.2 Å². The number of carbonyl (C=O) groups excluding carboxylic acids is 1. The molecule has 0 aromatic heterocycles. The van der Waals surface area contributed by atoms with Crippen LogP contribution in [0.2, 0.25) is 5.02 Å². The highest BCUT2D eigenvalue weighted by Gasteiger charge is 2.33. The van der Waals surface area contributed by atoms with Gasteiger partial charge in [-0.15, -0.1) is 0 Å². The number of benzene rings is 3. The molecule has 0 bridgehead atoms. The Balaban J connectivity index is 1.64. The van der Waals surface area contributed by atoms with Crippen LogP contribution < -0.4 is 10.1 Å². The van der Waals surface area contributed by atoms with E-state index in [2.05, 4.69) is 5.32 Å². The molecular weight excluding hydrogens is 483 g/mol. The van der Waals surface area contributed by atoms with Crippen LogP contribution in [0.4, 0.5) is 13.2 Å². The van der Waals surface area contributed by atoms with Gasteiger partial charge in [-0.1, -0.05) is 48.7 Å². The molecule has 35 heavy (non-hydrogen) atoms. The van der Waals surface area contributed by atoms with E-state index in [1.54, 1.807) is 30.3 Å². The first kappa shape index (κ1) is 24.9. The molecule has 0 unspecified atom stereocenters. The molecule has 3 aromatic carbocycles. The van der Waals surface area contributed by atoms with Crippen LogP contribution >= 0.6 is 11.6 Å². The van der Waals surface area contributed by atoms with Gasteiger partial charge in [0.15, 0.2) is 0 Å². The van der Waals surface area contributed by atoms with Crippen molar-refractivity contribution in [3.8, 4) is 5.75 Å². The lowest BCUT2D eigenvalue weighted by molar-refractivity contribution is -0.140. The number of rotatable bonds is 7. The van der Waals surface area contributed by atoms with Crippen LogP contribution in [-0.2, 0) is 17.6 Å². The molecule has 0 spiro atoms. The maximum Gasteiger partial charge on any atom is 0.416 e. The number of carboxylic acid groups (broad SMARTS) is 1. The summed E-state index contributed by atoms with van der Waals surface area (Å²) in [6.07, 6.45) is -1.17.